The van der Waals surface area contributed by atoms with Gasteiger partial charge in [-0.1, -0.05) is 0 Å². The van der Waals surface area contributed by atoms with Crippen molar-refractivity contribution in [1.29, 1.82) is 0 Å². The van der Waals surface area contributed by atoms with E-state index in [4.69, 9.17) is 9.47 Å². The molecule has 0 aliphatic carbocycles. The first-order valence-electron chi connectivity index (χ1n) is 3.17. The molecule has 0 N–H and O–H groups in total. The van der Waals surface area contributed by atoms with Gasteiger partial charge in [-0.05, 0) is 16.3 Å². The fraction of sp³-hybridized carbons (Fsp3) is 0.714. The molecule has 1 aliphatic heterocycles. The molecule has 0 atom stereocenters. The predicted molar refractivity (Wildman–Crippen MR) is 46.7 cm³/mol. The van der Waals surface area contributed by atoms with Crippen LogP contribution in [0.4, 0.5) is 0 Å². The Morgan fingerprint density at radius 1 is 1.40 bits per heavy atom. The Bertz CT molecular complexity index is 162. The van der Waals surface area contributed by atoms with Gasteiger partial charge in [0.15, 0.2) is 0 Å². The lowest BCUT2D eigenvalue weighted by Gasteiger charge is -2.28. The molecule has 0 unspecified atom stereocenters. The minimum absolute atomic E-state index is 0.639. The van der Waals surface area contributed by atoms with E-state index in [-0.39, 0.29) is 0 Å². The summed E-state index contributed by atoms with van der Waals surface area (Å²) >= 11 is 1.98. The molecule has 0 aromatic rings. The topological polar surface area (TPSA) is 18.5 Å². The van der Waals surface area contributed by atoms with Crippen molar-refractivity contribution in [2.24, 2.45) is 0 Å². The van der Waals surface area contributed by atoms with Gasteiger partial charge in [-0.2, -0.15) is 0 Å². The highest BCUT2D eigenvalue weighted by Crippen LogP contribution is 2.16. The molecule has 1 saturated heterocycles. The highest BCUT2D eigenvalue weighted by molar-refractivity contribution is 14.1. The van der Waals surface area contributed by atoms with E-state index >= 15 is 0 Å². The first-order chi connectivity index (χ1) is 4.77. The molecule has 1 fully saturated rings. The summed E-state index contributed by atoms with van der Waals surface area (Å²) in [6.07, 6.45) is 0.971. The van der Waals surface area contributed by atoms with Crippen LogP contribution in [0.5, 0.6) is 0 Å². The molecule has 0 radical (unpaired) electrons. The predicted octanol–water partition coefficient (Wildman–Crippen LogP) is 1.54. The lowest BCUT2D eigenvalue weighted by atomic mass is 10.3. The minimum Gasteiger partial charge on any atom is -0.340 e. The first-order valence-corrected chi connectivity index (χ1v) is 4.25. The van der Waals surface area contributed by atoms with Gasteiger partial charge in [0.25, 0.3) is 0 Å². The maximum atomic E-state index is 5.31. The zero-order valence-corrected chi connectivity index (χ0v) is 7.97. The second-order valence-corrected chi connectivity index (χ2v) is 2.76. The molecule has 0 amide bonds. The van der Waals surface area contributed by atoms with Gasteiger partial charge in [0.05, 0.1) is 13.2 Å². The van der Waals surface area contributed by atoms with Crippen molar-refractivity contribution in [3.63, 3.8) is 0 Å². The molecule has 0 bridgehead atoms. The normalized spacial score (nSPS) is 23.0. The van der Waals surface area contributed by atoms with E-state index in [0.717, 1.165) is 19.6 Å². The van der Waals surface area contributed by atoms with Crippen LogP contribution in [0, 0.1) is 9.85 Å². The average molecular weight is 252 g/mol. The van der Waals surface area contributed by atoms with Crippen molar-refractivity contribution in [3.8, 4) is 9.85 Å². The Hall–Kier alpha value is 0.210. The van der Waals surface area contributed by atoms with Crippen molar-refractivity contribution in [2.75, 3.05) is 13.2 Å². The number of rotatable bonds is 0. The van der Waals surface area contributed by atoms with Crippen LogP contribution in [0.1, 0.15) is 13.3 Å². The fourth-order valence-corrected chi connectivity index (χ4v) is 1.28. The van der Waals surface area contributed by atoms with Crippen molar-refractivity contribution in [2.45, 2.75) is 19.1 Å². The van der Waals surface area contributed by atoms with Crippen LogP contribution in [0.25, 0.3) is 0 Å². The fourth-order valence-electron chi connectivity index (χ4n) is 0.792. The van der Waals surface area contributed by atoms with Crippen molar-refractivity contribution in [1.82, 2.24) is 0 Å². The third-order valence-corrected chi connectivity index (χ3v) is 1.59. The number of ether oxygens (including phenoxy) is 2. The lowest BCUT2D eigenvalue weighted by Crippen LogP contribution is -2.35. The zero-order chi connectivity index (χ0) is 7.45. The van der Waals surface area contributed by atoms with Crippen molar-refractivity contribution < 1.29 is 9.47 Å². The summed E-state index contributed by atoms with van der Waals surface area (Å²) in [5.74, 6) is 2.21. The van der Waals surface area contributed by atoms with E-state index in [1.807, 2.05) is 29.5 Å². The summed E-state index contributed by atoms with van der Waals surface area (Å²) in [5.41, 5.74) is 0. The third kappa shape index (κ3) is 2.11. The standard InChI is InChI=1S/C7H9IO2/c1-7(3-4-8)9-5-2-6-10-7/h2,5-6H2,1H3. The van der Waals surface area contributed by atoms with E-state index in [9.17, 15) is 0 Å². The average Bonchev–Trinajstić information content (AvgIpc) is 1.89. The van der Waals surface area contributed by atoms with Crippen LogP contribution in [-0.2, 0) is 9.47 Å². The van der Waals surface area contributed by atoms with Gasteiger partial charge in [0, 0.05) is 29.5 Å². The van der Waals surface area contributed by atoms with Crippen molar-refractivity contribution >= 4 is 22.6 Å². The van der Waals surface area contributed by atoms with Gasteiger partial charge in [0.2, 0.25) is 5.79 Å². The van der Waals surface area contributed by atoms with Crippen LogP contribution < -0.4 is 0 Å². The molecule has 2 nitrogen and oxygen atoms in total. The Balaban J connectivity index is 2.53. The summed E-state index contributed by atoms with van der Waals surface area (Å²) in [5, 5.41) is 0. The highest BCUT2D eigenvalue weighted by Gasteiger charge is 2.25. The quantitative estimate of drug-likeness (QED) is 0.481. The van der Waals surface area contributed by atoms with Crippen molar-refractivity contribution in [3.05, 3.63) is 0 Å². The first kappa shape index (κ1) is 8.31. The molecule has 1 heterocycles. The molecule has 0 aromatic carbocycles. The molecule has 10 heavy (non-hydrogen) atoms. The summed E-state index contributed by atoms with van der Waals surface area (Å²) in [7, 11) is 0. The van der Waals surface area contributed by atoms with E-state index in [1.54, 1.807) is 0 Å². The van der Waals surface area contributed by atoms with E-state index in [2.05, 4.69) is 9.85 Å². The molecular formula is C7H9IO2. The zero-order valence-electron chi connectivity index (χ0n) is 5.82. The molecule has 0 aromatic heterocycles. The highest BCUT2D eigenvalue weighted by atomic mass is 127. The lowest BCUT2D eigenvalue weighted by molar-refractivity contribution is -0.218. The molecule has 1 rings (SSSR count). The van der Waals surface area contributed by atoms with E-state index in [1.165, 1.54) is 0 Å². The van der Waals surface area contributed by atoms with Gasteiger partial charge >= 0.3 is 0 Å². The smallest absolute Gasteiger partial charge is 0.231 e. The maximum Gasteiger partial charge on any atom is 0.231 e. The Labute approximate surface area is 74.4 Å². The van der Waals surface area contributed by atoms with Gasteiger partial charge in [-0.25, -0.2) is 0 Å². The number of halogens is 1. The SMILES string of the molecule is CC1(C#CI)OCCCO1. The number of hydrogen-bond donors (Lipinski definition) is 0. The van der Waals surface area contributed by atoms with Gasteiger partial charge in [0.1, 0.15) is 0 Å². The Morgan fingerprint density at radius 3 is 2.50 bits per heavy atom. The van der Waals surface area contributed by atoms with Crippen LogP contribution >= 0.6 is 22.6 Å². The number of hydrogen-bond acceptors (Lipinski definition) is 2. The van der Waals surface area contributed by atoms with E-state index < -0.39 is 5.79 Å². The summed E-state index contributed by atoms with van der Waals surface area (Å²) in [4.78, 5) is 0. The second kappa shape index (κ2) is 3.56. The molecule has 3 heteroatoms. The monoisotopic (exact) mass is 252 g/mol. The summed E-state index contributed by atoms with van der Waals surface area (Å²) < 4.78 is 13.4. The van der Waals surface area contributed by atoms with Gasteiger partial charge in [-0.15, -0.1) is 0 Å². The van der Waals surface area contributed by atoms with Gasteiger partial charge in [-0.3, -0.25) is 0 Å². The van der Waals surface area contributed by atoms with E-state index in [0.29, 0.717) is 0 Å². The molecule has 0 spiro atoms. The maximum absolute atomic E-state index is 5.31. The van der Waals surface area contributed by atoms with Crippen LogP contribution in [0.2, 0.25) is 0 Å². The second-order valence-electron chi connectivity index (χ2n) is 2.22. The minimum atomic E-state index is -0.639. The largest absolute Gasteiger partial charge is 0.340 e. The molecule has 1 aliphatic rings. The molecule has 0 saturated carbocycles. The molecule has 56 valence electrons. The third-order valence-electron chi connectivity index (χ3n) is 1.32. The summed E-state index contributed by atoms with van der Waals surface area (Å²) in [6.45, 7) is 3.35. The molecular weight excluding hydrogens is 243 g/mol. The Morgan fingerprint density at radius 2 is 2.00 bits per heavy atom. The summed E-state index contributed by atoms with van der Waals surface area (Å²) in [6, 6.07) is 0. The van der Waals surface area contributed by atoms with Crippen LogP contribution in [-0.4, -0.2) is 19.0 Å². The van der Waals surface area contributed by atoms with Crippen LogP contribution in [0.3, 0.4) is 0 Å². The van der Waals surface area contributed by atoms with Gasteiger partial charge < -0.3 is 9.47 Å². The Kier molecular flexibility index (Phi) is 2.96. The van der Waals surface area contributed by atoms with Crippen LogP contribution in [0.15, 0.2) is 0 Å².